The van der Waals surface area contributed by atoms with E-state index in [0.29, 0.717) is 31.6 Å². The van der Waals surface area contributed by atoms with Crippen molar-refractivity contribution in [1.82, 2.24) is 10.2 Å². The van der Waals surface area contributed by atoms with Crippen LogP contribution in [0.15, 0.2) is 23.1 Å². The highest BCUT2D eigenvalue weighted by Crippen LogP contribution is 2.40. The van der Waals surface area contributed by atoms with Crippen LogP contribution in [0.25, 0.3) is 0 Å². The zero-order chi connectivity index (χ0) is 18.9. The second kappa shape index (κ2) is 7.00. The van der Waals surface area contributed by atoms with Gasteiger partial charge in [0.1, 0.15) is 0 Å². The van der Waals surface area contributed by atoms with E-state index < -0.39 is 10.0 Å². The van der Waals surface area contributed by atoms with E-state index in [1.54, 1.807) is 17.9 Å². The van der Waals surface area contributed by atoms with Gasteiger partial charge in [-0.05, 0) is 55.7 Å². The summed E-state index contributed by atoms with van der Waals surface area (Å²) in [6.45, 7) is 3.72. The second-order valence-corrected chi connectivity index (χ2v) is 8.98. The van der Waals surface area contributed by atoms with Gasteiger partial charge in [0.25, 0.3) is 5.91 Å². The van der Waals surface area contributed by atoms with Crippen LogP contribution in [0.2, 0.25) is 0 Å². The monoisotopic (exact) mass is 379 g/mol. The molecule has 1 aromatic rings. The Morgan fingerprint density at radius 1 is 1.19 bits per heavy atom. The topological polar surface area (TPSA) is 110 Å². The number of likely N-dealkylation sites (tertiary alicyclic amines) is 1. The Bertz CT molecular complexity index is 827. The minimum absolute atomic E-state index is 0.0479. The third kappa shape index (κ3) is 3.91. The molecule has 0 aliphatic carbocycles. The Morgan fingerprint density at radius 3 is 2.54 bits per heavy atom. The van der Waals surface area contributed by atoms with Crippen LogP contribution >= 0.6 is 0 Å². The fourth-order valence-electron chi connectivity index (χ4n) is 3.92. The molecule has 0 aromatic heterocycles. The lowest BCUT2D eigenvalue weighted by Gasteiger charge is -2.41. The highest BCUT2D eigenvalue weighted by Gasteiger charge is 2.37. The SMILES string of the molecule is Cc1ccc(S(N)(=O)=O)cc1C(=O)N1CCC2(CCNC(=O)CC2)CC1. The number of nitrogens with two attached hydrogens (primary N) is 1. The van der Waals surface area contributed by atoms with Gasteiger partial charge in [-0.1, -0.05) is 6.07 Å². The third-order valence-electron chi connectivity index (χ3n) is 5.74. The largest absolute Gasteiger partial charge is 0.356 e. The van der Waals surface area contributed by atoms with Gasteiger partial charge in [0, 0.05) is 31.6 Å². The molecule has 1 aromatic carbocycles. The lowest BCUT2D eigenvalue weighted by molar-refractivity contribution is -0.121. The third-order valence-corrected chi connectivity index (χ3v) is 6.65. The Morgan fingerprint density at radius 2 is 1.88 bits per heavy atom. The van der Waals surface area contributed by atoms with E-state index >= 15 is 0 Å². The molecule has 2 aliphatic heterocycles. The van der Waals surface area contributed by atoms with Crippen molar-refractivity contribution in [2.24, 2.45) is 10.6 Å². The predicted molar refractivity (Wildman–Crippen MR) is 97.0 cm³/mol. The molecule has 2 heterocycles. The van der Waals surface area contributed by atoms with Crippen molar-refractivity contribution in [2.75, 3.05) is 19.6 Å². The van der Waals surface area contributed by atoms with Crippen LogP contribution in [0.4, 0.5) is 0 Å². The van der Waals surface area contributed by atoms with Gasteiger partial charge in [-0.15, -0.1) is 0 Å². The van der Waals surface area contributed by atoms with Crippen molar-refractivity contribution < 1.29 is 18.0 Å². The normalized spacial score (nSPS) is 20.5. The van der Waals surface area contributed by atoms with Crippen LogP contribution in [0.5, 0.6) is 0 Å². The van der Waals surface area contributed by atoms with Crippen molar-refractivity contribution in [2.45, 2.75) is 43.9 Å². The molecule has 8 heteroatoms. The maximum absolute atomic E-state index is 12.9. The van der Waals surface area contributed by atoms with Crippen LogP contribution in [0.1, 0.15) is 48.0 Å². The first-order valence-corrected chi connectivity index (χ1v) is 10.4. The van der Waals surface area contributed by atoms with E-state index in [0.717, 1.165) is 31.2 Å². The van der Waals surface area contributed by atoms with E-state index in [1.165, 1.54) is 12.1 Å². The molecule has 0 bridgehead atoms. The predicted octanol–water partition coefficient (Wildman–Crippen LogP) is 1.16. The number of carbonyl (C=O) groups is 2. The minimum atomic E-state index is -3.85. The van der Waals surface area contributed by atoms with E-state index in [4.69, 9.17) is 5.14 Å². The molecular formula is C18H25N3O4S. The number of hydrogen-bond donors (Lipinski definition) is 2. The molecule has 2 amide bonds. The van der Waals surface area contributed by atoms with Gasteiger partial charge in [0.05, 0.1) is 4.90 Å². The van der Waals surface area contributed by atoms with Crippen LogP contribution in [0, 0.1) is 12.3 Å². The first-order valence-electron chi connectivity index (χ1n) is 8.90. The average Bonchev–Trinajstić information content (AvgIpc) is 2.76. The highest BCUT2D eigenvalue weighted by molar-refractivity contribution is 7.89. The van der Waals surface area contributed by atoms with Gasteiger partial charge in [-0.25, -0.2) is 13.6 Å². The van der Waals surface area contributed by atoms with E-state index in [2.05, 4.69) is 5.32 Å². The van der Waals surface area contributed by atoms with Crippen LogP contribution < -0.4 is 10.5 Å². The molecule has 2 fully saturated rings. The summed E-state index contributed by atoms with van der Waals surface area (Å²) in [4.78, 5) is 26.2. The van der Waals surface area contributed by atoms with E-state index in [1.807, 2.05) is 0 Å². The Balaban J connectivity index is 1.74. The van der Waals surface area contributed by atoms with Crippen molar-refractivity contribution in [1.29, 1.82) is 0 Å². The highest BCUT2D eigenvalue weighted by atomic mass is 32.2. The molecule has 3 N–H and O–H groups in total. The summed E-state index contributed by atoms with van der Waals surface area (Å²) >= 11 is 0. The van der Waals surface area contributed by atoms with Crippen LogP contribution in [0.3, 0.4) is 0 Å². The summed E-state index contributed by atoms with van der Waals surface area (Å²) in [5, 5.41) is 8.10. The van der Waals surface area contributed by atoms with Crippen molar-refractivity contribution >= 4 is 21.8 Å². The molecule has 2 saturated heterocycles. The molecule has 2 aliphatic rings. The number of nitrogens with zero attached hydrogens (tertiary/aromatic N) is 1. The molecule has 0 unspecified atom stereocenters. The van der Waals surface area contributed by atoms with Gasteiger partial charge in [-0.3, -0.25) is 9.59 Å². The number of amides is 2. The number of nitrogens with one attached hydrogen (secondary N) is 1. The summed E-state index contributed by atoms with van der Waals surface area (Å²) in [6.07, 6.45) is 4.08. The summed E-state index contributed by atoms with van der Waals surface area (Å²) in [7, 11) is -3.85. The summed E-state index contributed by atoms with van der Waals surface area (Å²) in [5.74, 6) is -0.0542. The molecule has 26 heavy (non-hydrogen) atoms. The molecule has 0 radical (unpaired) electrons. The number of primary sulfonamides is 1. The Labute approximate surface area is 154 Å². The van der Waals surface area contributed by atoms with Gasteiger partial charge < -0.3 is 10.2 Å². The molecule has 7 nitrogen and oxygen atoms in total. The van der Waals surface area contributed by atoms with Gasteiger partial charge >= 0.3 is 0 Å². The zero-order valence-electron chi connectivity index (χ0n) is 15.0. The minimum Gasteiger partial charge on any atom is -0.356 e. The quantitative estimate of drug-likeness (QED) is 0.803. The smallest absolute Gasteiger partial charge is 0.254 e. The number of rotatable bonds is 2. The maximum Gasteiger partial charge on any atom is 0.254 e. The second-order valence-electron chi connectivity index (χ2n) is 7.41. The number of benzene rings is 1. The Kier molecular flexibility index (Phi) is 5.07. The van der Waals surface area contributed by atoms with Gasteiger partial charge in [-0.2, -0.15) is 0 Å². The first-order chi connectivity index (χ1) is 12.2. The van der Waals surface area contributed by atoms with Crippen molar-refractivity contribution in [3.05, 3.63) is 29.3 Å². The fraction of sp³-hybridized carbons (Fsp3) is 0.556. The summed E-state index contributed by atoms with van der Waals surface area (Å²) < 4.78 is 23.2. The van der Waals surface area contributed by atoms with Gasteiger partial charge in [0.2, 0.25) is 15.9 Å². The lowest BCUT2D eigenvalue weighted by Crippen LogP contribution is -2.43. The molecule has 3 rings (SSSR count). The number of sulfonamides is 1. The number of aryl methyl sites for hydroxylation is 1. The molecule has 0 saturated carbocycles. The summed E-state index contributed by atoms with van der Waals surface area (Å²) in [5.41, 5.74) is 1.23. The van der Waals surface area contributed by atoms with Gasteiger partial charge in [0.15, 0.2) is 0 Å². The number of carbonyl (C=O) groups excluding carboxylic acids is 2. The zero-order valence-corrected chi connectivity index (χ0v) is 15.8. The number of piperidine rings is 1. The molecule has 0 atom stereocenters. The van der Waals surface area contributed by atoms with Crippen molar-refractivity contribution in [3.8, 4) is 0 Å². The summed E-state index contributed by atoms with van der Waals surface area (Å²) in [6, 6.07) is 4.40. The molecule has 1 spiro atoms. The van der Waals surface area contributed by atoms with Crippen LogP contribution in [-0.2, 0) is 14.8 Å². The average molecular weight is 379 g/mol. The maximum atomic E-state index is 12.9. The Hall–Kier alpha value is -1.93. The van der Waals surface area contributed by atoms with E-state index in [9.17, 15) is 18.0 Å². The molecular weight excluding hydrogens is 354 g/mol. The standard InChI is InChI=1S/C18H25N3O4S/c1-13-2-3-14(26(19,24)25)12-15(13)17(23)21-10-7-18(8-11-21)5-4-16(22)20-9-6-18/h2-3,12H,4-11H2,1H3,(H,20,22)(H2,19,24,25). The number of hydrogen-bond acceptors (Lipinski definition) is 4. The van der Waals surface area contributed by atoms with Crippen LogP contribution in [-0.4, -0.2) is 44.8 Å². The first kappa shape index (κ1) is 18.8. The van der Waals surface area contributed by atoms with Crippen molar-refractivity contribution in [3.63, 3.8) is 0 Å². The lowest BCUT2D eigenvalue weighted by atomic mass is 9.73. The fourth-order valence-corrected chi connectivity index (χ4v) is 4.46. The van der Waals surface area contributed by atoms with E-state index in [-0.39, 0.29) is 22.1 Å². The molecule has 142 valence electrons.